The summed E-state index contributed by atoms with van der Waals surface area (Å²) in [5.74, 6) is 0. The Balaban J connectivity index is 2.44. The summed E-state index contributed by atoms with van der Waals surface area (Å²) in [4.78, 5) is 0. The summed E-state index contributed by atoms with van der Waals surface area (Å²) in [6, 6.07) is 10.1. The van der Waals surface area contributed by atoms with Crippen molar-refractivity contribution in [2.75, 3.05) is 0 Å². The summed E-state index contributed by atoms with van der Waals surface area (Å²) in [5.41, 5.74) is 5.84. The van der Waals surface area contributed by atoms with Gasteiger partial charge in [-0.2, -0.15) is 0 Å². The highest BCUT2D eigenvalue weighted by Gasteiger charge is 2.16. The van der Waals surface area contributed by atoms with E-state index < -0.39 is 5.72 Å². The van der Waals surface area contributed by atoms with Gasteiger partial charge in [-0.15, -0.1) is 0 Å². The van der Waals surface area contributed by atoms with Crippen LogP contribution in [0.3, 0.4) is 0 Å². The quantitative estimate of drug-likeness (QED) is 0.691. The van der Waals surface area contributed by atoms with Crippen molar-refractivity contribution in [1.29, 1.82) is 0 Å². The van der Waals surface area contributed by atoms with Gasteiger partial charge in [0.15, 0.2) is 0 Å². The zero-order chi connectivity index (χ0) is 9.73. The van der Waals surface area contributed by atoms with Gasteiger partial charge >= 0.3 is 0 Å². The molecule has 3 N–H and O–H groups in total. The van der Waals surface area contributed by atoms with E-state index in [1.807, 2.05) is 37.3 Å². The van der Waals surface area contributed by atoms with Crippen LogP contribution in [-0.2, 0) is 6.42 Å². The largest absolute Gasteiger partial charge is 0.376 e. The Morgan fingerprint density at radius 3 is 2.46 bits per heavy atom. The van der Waals surface area contributed by atoms with Crippen LogP contribution < -0.4 is 5.73 Å². The summed E-state index contributed by atoms with van der Waals surface area (Å²) in [6.45, 7) is 1.89. The first kappa shape index (κ1) is 10.2. The maximum absolute atomic E-state index is 9.56. The first-order valence-corrected chi connectivity index (χ1v) is 4.69. The standard InChI is InChI=1S/C11H17NO/c1-2-11(12,13)9-8-10-6-4-3-5-7-10/h3-7,13H,2,8-9,12H2,1H3. The molecule has 1 aromatic rings. The maximum atomic E-state index is 9.56. The highest BCUT2D eigenvalue weighted by atomic mass is 16.3. The number of hydrogen-bond donors (Lipinski definition) is 2. The molecule has 1 rings (SSSR count). The van der Waals surface area contributed by atoms with E-state index in [4.69, 9.17) is 5.73 Å². The molecule has 0 amide bonds. The van der Waals surface area contributed by atoms with Crippen molar-refractivity contribution in [3.05, 3.63) is 35.9 Å². The molecular formula is C11H17NO. The van der Waals surface area contributed by atoms with Gasteiger partial charge < -0.3 is 10.8 Å². The average molecular weight is 179 g/mol. The van der Waals surface area contributed by atoms with Crippen LogP contribution in [0.2, 0.25) is 0 Å². The molecule has 0 fully saturated rings. The van der Waals surface area contributed by atoms with Crippen molar-refractivity contribution in [2.45, 2.75) is 31.9 Å². The molecule has 2 nitrogen and oxygen atoms in total. The SMILES string of the molecule is CCC(N)(O)CCc1ccccc1. The van der Waals surface area contributed by atoms with Crippen molar-refractivity contribution < 1.29 is 5.11 Å². The number of aryl methyl sites for hydroxylation is 1. The summed E-state index contributed by atoms with van der Waals surface area (Å²) in [6.07, 6.45) is 2.05. The molecule has 0 bridgehead atoms. The van der Waals surface area contributed by atoms with E-state index in [0.717, 1.165) is 6.42 Å². The Morgan fingerprint density at radius 2 is 1.92 bits per heavy atom. The fourth-order valence-corrected chi connectivity index (χ4v) is 1.18. The smallest absolute Gasteiger partial charge is 0.113 e. The van der Waals surface area contributed by atoms with Crippen LogP contribution >= 0.6 is 0 Å². The fraction of sp³-hybridized carbons (Fsp3) is 0.455. The first-order chi connectivity index (χ1) is 6.14. The molecule has 0 heterocycles. The predicted molar refractivity (Wildman–Crippen MR) is 54.2 cm³/mol. The molecule has 1 atom stereocenters. The molecule has 0 saturated carbocycles. The number of benzene rings is 1. The van der Waals surface area contributed by atoms with Gasteiger partial charge in [-0.3, -0.25) is 0 Å². The lowest BCUT2D eigenvalue weighted by Crippen LogP contribution is -2.39. The lowest BCUT2D eigenvalue weighted by Gasteiger charge is -2.20. The van der Waals surface area contributed by atoms with Gasteiger partial charge in [0.1, 0.15) is 5.72 Å². The molecule has 1 aromatic carbocycles. The van der Waals surface area contributed by atoms with Crippen molar-refractivity contribution >= 4 is 0 Å². The van der Waals surface area contributed by atoms with E-state index in [-0.39, 0.29) is 0 Å². The average Bonchev–Trinajstić information content (AvgIpc) is 2.17. The monoisotopic (exact) mass is 179 g/mol. The van der Waals surface area contributed by atoms with E-state index in [9.17, 15) is 5.11 Å². The third-order valence-electron chi connectivity index (χ3n) is 2.30. The van der Waals surface area contributed by atoms with Gasteiger partial charge in [0.25, 0.3) is 0 Å². The van der Waals surface area contributed by atoms with Gasteiger partial charge in [0, 0.05) is 0 Å². The van der Waals surface area contributed by atoms with Crippen LogP contribution in [0.1, 0.15) is 25.3 Å². The molecule has 0 aliphatic carbocycles. The van der Waals surface area contributed by atoms with Gasteiger partial charge in [-0.1, -0.05) is 37.3 Å². The van der Waals surface area contributed by atoms with Gasteiger partial charge in [-0.05, 0) is 24.8 Å². The second-order valence-electron chi connectivity index (χ2n) is 3.44. The van der Waals surface area contributed by atoms with Crippen LogP contribution in [0.15, 0.2) is 30.3 Å². The molecule has 2 heteroatoms. The van der Waals surface area contributed by atoms with E-state index in [0.29, 0.717) is 12.8 Å². The fourth-order valence-electron chi connectivity index (χ4n) is 1.18. The van der Waals surface area contributed by atoms with Crippen LogP contribution in [0.4, 0.5) is 0 Å². The minimum Gasteiger partial charge on any atom is -0.376 e. The van der Waals surface area contributed by atoms with E-state index in [1.54, 1.807) is 0 Å². The third-order valence-corrected chi connectivity index (χ3v) is 2.30. The normalized spacial score (nSPS) is 15.3. The molecule has 0 radical (unpaired) electrons. The highest BCUT2D eigenvalue weighted by Crippen LogP contribution is 2.12. The summed E-state index contributed by atoms with van der Waals surface area (Å²) in [5, 5.41) is 9.56. The van der Waals surface area contributed by atoms with E-state index in [1.165, 1.54) is 5.56 Å². The van der Waals surface area contributed by atoms with Crippen molar-refractivity contribution in [3.8, 4) is 0 Å². The van der Waals surface area contributed by atoms with Crippen molar-refractivity contribution in [3.63, 3.8) is 0 Å². The Labute approximate surface area is 79.4 Å². The summed E-state index contributed by atoms with van der Waals surface area (Å²) in [7, 11) is 0. The Kier molecular flexibility index (Phi) is 3.46. The van der Waals surface area contributed by atoms with Gasteiger partial charge in [0.05, 0.1) is 0 Å². The third kappa shape index (κ3) is 3.57. The highest BCUT2D eigenvalue weighted by molar-refractivity contribution is 5.14. The lowest BCUT2D eigenvalue weighted by molar-refractivity contribution is 0.0344. The second kappa shape index (κ2) is 4.40. The Hall–Kier alpha value is -0.860. The van der Waals surface area contributed by atoms with Crippen LogP contribution in [-0.4, -0.2) is 10.8 Å². The maximum Gasteiger partial charge on any atom is 0.113 e. The molecule has 0 aliphatic rings. The Bertz CT molecular complexity index is 244. The molecular weight excluding hydrogens is 162 g/mol. The van der Waals surface area contributed by atoms with Crippen LogP contribution in [0.5, 0.6) is 0 Å². The zero-order valence-electron chi connectivity index (χ0n) is 8.03. The number of aliphatic hydroxyl groups is 1. The van der Waals surface area contributed by atoms with Gasteiger partial charge in [0.2, 0.25) is 0 Å². The lowest BCUT2D eigenvalue weighted by atomic mass is 10.0. The summed E-state index contributed by atoms with van der Waals surface area (Å²) >= 11 is 0. The number of hydrogen-bond acceptors (Lipinski definition) is 2. The van der Waals surface area contributed by atoms with Crippen LogP contribution in [0, 0.1) is 0 Å². The van der Waals surface area contributed by atoms with Crippen molar-refractivity contribution in [2.24, 2.45) is 5.73 Å². The minimum atomic E-state index is -1.00. The molecule has 0 aliphatic heterocycles. The number of nitrogens with two attached hydrogens (primary N) is 1. The summed E-state index contributed by atoms with van der Waals surface area (Å²) < 4.78 is 0. The molecule has 0 saturated heterocycles. The minimum absolute atomic E-state index is 0.597. The Morgan fingerprint density at radius 1 is 1.31 bits per heavy atom. The van der Waals surface area contributed by atoms with Crippen LogP contribution in [0.25, 0.3) is 0 Å². The van der Waals surface area contributed by atoms with Gasteiger partial charge in [-0.25, -0.2) is 0 Å². The molecule has 13 heavy (non-hydrogen) atoms. The molecule has 0 aromatic heterocycles. The molecule has 0 spiro atoms. The molecule has 1 unspecified atom stereocenters. The number of rotatable bonds is 4. The van der Waals surface area contributed by atoms with Crippen molar-refractivity contribution in [1.82, 2.24) is 0 Å². The predicted octanol–water partition coefficient (Wildman–Crippen LogP) is 1.68. The topological polar surface area (TPSA) is 46.2 Å². The second-order valence-corrected chi connectivity index (χ2v) is 3.44. The van der Waals surface area contributed by atoms with E-state index in [2.05, 4.69) is 0 Å². The first-order valence-electron chi connectivity index (χ1n) is 4.69. The van der Waals surface area contributed by atoms with E-state index >= 15 is 0 Å². The molecule has 72 valence electrons. The zero-order valence-corrected chi connectivity index (χ0v) is 8.03.